The Balaban J connectivity index is 2.11. The van der Waals surface area contributed by atoms with E-state index in [4.69, 9.17) is 15.2 Å². The Morgan fingerprint density at radius 3 is 2.37 bits per heavy atom. The molecule has 0 saturated heterocycles. The number of nitrogens with two attached hydrogens (primary N) is 1. The Labute approximate surface area is 117 Å². The van der Waals surface area contributed by atoms with E-state index in [9.17, 15) is 0 Å². The number of anilines is 2. The third-order valence-electron chi connectivity index (χ3n) is 2.57. The Morgan fingerprint density at radius 2 is 1.74 bits per heavy atom. The first-order valence-corrected chi connectivity index (χ1v) is 6.55. The number of hydrogen-bond acceptors (Lipinski definition) is 5. The molecule has 2 aromatic carbocycles. The molecular formula is C14H16N2O2S. The number of benzene rings is 2. The van der Waals surface area contributed by atoms with Gasteiger partial charge in [0.1, 0.15) is 11.5 Å². The van der Waals surface area contributed by atoms with E-state index in [1.807, 2.05) is 42.5 Å². The van der Waals surface area contributed by atoms with E-state index in [2.05, 4.69) is 4.72 Å². The highest BCUT2D eigenvalue weighted by Crippen LogP contribution is 2.32. The topological polar surface area (TPSA) is 56.5 Å². The third-order valence-corrected chi connectivity index (χ3v) is 3.40. The zero-order valence-electron chi connectivity index (χ0n) is 10.8. The lowest BCUT2D eigenvalue weighted by atomic mass is 10.3. The predicted octanol–water partition coefficient (Wildman–Crippen LogP) is 3.41. The van der Waals surface area contributed by atoms with Crippen LogP contribution in [0.5, 0.6) is 11.5 Å². The number of methoxy groups -OCH3 is 2. The second-order valence-corrected chi connectivity index (χ2v) is 4.72. The van der Waals surface area contributed by atoms with Gasteiger partial charge >= 0.3 is 0 Å². The summed E-state index contributed by atoms with van der Waals surface area (Å²) in [5, 5.41) is 0. The minimum absolute atomic E-state index is 0.753. The van der Waals surface area contributed by atoms with Crippen LogP contribution in [0.25, 0.3) is 0 Å². The van der Waals surface area contributed by atoms with Gasteiger partial charge in [0.05, 0.1) is 19.9 Å². The van der Waals surface area contributed by atoms with Crippen LogP contribution in [-0.2, 0) is 0 Å². The molecule has 0 bridgehead atoms. The molecule has 3 N–H and O–H groups in total. The van der Waals surface area contributed by atoms with E-state index in [0.29, 0.717) is 0 Å². The molecule has 5 heteroatoms. The average molecular weight is 276 g/mol. The molecule has 0 aliphatic rings. The average Bonchev–Trinajstić information content (AvgIpc) is 2.46. The van der Waals surface area contributed by atoms with Crippen molar-refractivity contribution < 1.29 is 9.47 Å². The van der Waals surface area contributed by atoms with Crippen LogP contribution in [0.2, 0.25) is 0 Å². The maximum atomic E-state index is 5.65. The van der Waals surface area contributed by atoms with Gasteiger partial charge in [0, 0.05) is 16.6 Å². The molecule has 0 unspecified atom stereocenters. The van der Waals surface area contributed by atoms with E-state index in [1.165, 1.54) is 11.9 Å². The first-order chi connectivity index (χ1) is 9.22. The number of nitrogens with one attached hydrogen (secondary N) is 1. The second kappa shape index (κ2) is 6.24. The summed E-state index contributed by atoms with van der Waals surface area (Å²) in [6.07, 6.45) is 0. The summed E-state index contributed by atoms with van der Waals surface area (Å²) in [5.41, 5.74) is 7.27. The van der Waals surface area contributed by atoms with Gasteiger partial charge in [0.25, 0.3) is 0 Å². The minimum atomic E-state index is 0.753. The monoisotopic (exact) mass is 276 g/mol. The molecule has 0 radical (unpaired) electrons. The van der Waals surface area contributed by atoms with Gasteiger partial charge in [-0.2, -0.15) is 0 Å². The van der Waals surface area contributed by atoms with Gasteiger partial charge in [-0.15, -0.1) is 0 Å². The van der Waals surface area contributed by atoms with E-state index in [-0.39, 0.29) is 0 Å². The summed E-state index contributed by atoms with van der Waals surface area (Å²) >= 11 is 1.49. The summed E-state index contributed by atoms with van der Waals surface area (Å²) in [4.78, 5) is 1.07. The van der Waals surface area contributed by atoms with E-state index in [1.54, 1.807) is 14.2 Å². The second-order valence-electron chi connectivity index (χ2n) is 3.84. The zero-order valence-corrected chi connectivity index (χ0v) is 11.7. The molecule has 0 heterocycles. The van der Waals surface area contributed by atoms with Crippen molar-refractivity contribution in [2.45, 2.75) is 4.90 Å². The largest absolute Gasteiger partial charge is 0.497 e. The molecule has 0 atom stereocenters. The van der Waals surface area contributed by atoms with Gasteiger partial charge in [-0.25, -0.2) is 0 Å². The third kappa shape index (κ3) is 3.48. The number of nitrogen functional groups attached to an aromatic ring is 1. The highest BCUT2D eigenvalue weighted by atomic mass is 32.2. The molecule has 0 aliphatic carbocycles. The maximum absolute atomic E-state index is 5.65. The van der Waals surface area contributed by atoms with Crippen molar-refractivity contribution >= 4 is 23.3 Å². The smallest absolute Gasteiger partial charge is 0.143 e. The van der Waals surface area contributed by atoms with Gasteiger partial charge in [-0.3, -0.25) is 0 Å². The number of rotatable bonds is 5. The molecule has 2 rings (SSSR count). The van der Waals surface area contributed by atoms with Gasteiger partial charge in [-0.05, 0) is 48.3 Å². The molecule has 0 amide bonds. The van der Waals surface area contributed by atoms with Gasteiger partial charge in [0.2, 0.25) is 0 Å². The highest BCUT2D eigenvalue weighted by Gasteiger charge is 2.05. The summed E-state index contributed by atoms with van der Waals surface area (Å²) in [6.45, 7) is 0. The molecule has 4 nitrogen and oxygen atoms in total. The molecule has 0 fully saturated rings. The van der Waals surface area contributed by atoms with Crippen LogP contribution in [0, 0.1) is 0 Å². The SMILES string of the molecule is COc1ccc(OC)c(NSc2ccc(N)cc2)c1. The zero-order chi connectivity index (χ0) is 13.7. The standard InChI is InChI=1S/C14H16N2O2S/c1-17-11-5-8-14(18-2)13(9-11)16-19-12-6-3-10(15)4-7-12/h3-9,16H,15H2,1-2H3. The van der Waals surface area contributed by atoms with Crippen molar-refractivity contribution in [1.82, 2.24) is 0 Å². The molecule has 0 aromatic heterocycles. The van der Waals surface area contributed by atoms with Crippen LogP contribution >= 0.6 is 11.9 Å². The molecule has 2 aromatic rings. The molecule has 0 saturated carbocycles. The molecule has 19 heavy (non-hydrogen) atoms. The summed E-state index contributed by atoms with van der Waals surface area (Å²) in [5.74, 6) is 1.55. The fourth-order valence-corrected chi connectivity index (χ4v) is 2.20. The number of hydrogen-bond donors (Lipinski definition) is 2. The van der Waals surface area contributed by atoms with Crippen molar-refractivity contribution in [3.05, 3.63) is 42.5 Å². The van der Waals surface area contributed by atoms with Crippen molar-refractivity contribution in [2.24, 2.45) is 0 Å². The van der Waals surface area contributed by atoms with Crippen molar-refractivity contribution in [3.63, 3.8) is 0 Å². The predicted molar refractivity (Wildman–Crippen MR) is 79.9 cm³/mol. The lowest BCUT2D eigenvalue weighted by molar-refractivity contribution is 0.405. The highest BCUT2D eigenvalue weighted by molar-refractivity contribution is 8.00. The lowest BCUT2D eigenvalue weighted by Crippen LogP contribution is -1.94. The van der Waals surface area contributed by atoms with Crippen molar-refractivity contribution in [2.75, 3.05) is 24.7 Å². The normalized spacial score (nSPS) is 10.0. The Bertz CT molecular complexity index is 544. The van der Waals surface area contributed by atoms with Crippen molar-refractivity contribution in [1.29, 1.82) is 0 Å². The fourth-order valence-electron chi connectivity index (χ4n) is 1.54. The van der Waals surface area contributed by atoms with Gasteiger partial charge in [0.15, 0.2) is 0 Å². The maximum Gasteiger partial charge on any atom is 0.143 e. The van der Waals surface area contributed by atoms with E-state index in [0.717, 1.165) is 27.8 Å². The summed E-state index contributed by atoms with van der Waals surface area (Å²) < 4.78 is 13.7. The lowest BCUT2D eigenvalue weighted by Gasteiger charge is -2.11. The van der Waals surface area contributed by atoms with E-state index >= 15 is 0 Å². The first kappa shape index (κ1) is 13.4. The quantitative estimate of drug-likeness (QED) is 0.647. The molecule has 0 spiro atoms. The van der Waals surface area contributed by atoms with Gasteiger partial charge in [-0.1, -0.05) is 0 Å². The fraction of sp³-hybridized carbons (Fsp3) is 0.143. The van der Waals surface area contributed by atoms with Crippen LogP contribution in [0.4, 0.5) is 11.4 Å². The van der Waals surface area contributed by atoms with Crippen LogP contribution in [-0.4, -0.2) is 14.2 Å². The Morgan fingerprint density at radius 1 is 1.00 bits per heavy atom. The summed E-state index contributed by atoms with van der Waals surface area (Å²) in [7, 11) is 3.28. The van der Waals surface area contributed by atoms with Gasteiger partial charge < -0.3 is 19.9 Å². The van der Waals surface area contributed by atoms with Crippen LogP contribution in [0.3, 0.4) is 0 Å². The van der Waals surface area contributed by atoms with E-state index < -0.39 is 0 Å². The minimum Gasteiger partial charge on any atom is -0.497 e. The molecule has 100 valence electrons. The van der Waals surface area contributed by atoms with Crippen LogP contribution in [0.15, 0.2) is 47.4 Å². The first-order valence-electron chi connectivity index (χ1n) is 5.73. The number of ether oxygens (including phenoxy) is 2. The van der Waals surface area contributed by atoms with Crippen molar-refractivity contribution in [3.8, 4) is 11.5 Å². The molecular weight excluding hydrogens is 260 g/mol. The Kier molecular flexibility index (Phi) is 4.41. The Hall–Kier alpha value is -2.01. The molecule has 0 aliphatic heterocycles. The van der Waals surface area contributed by atoms with Crippen LogP contribution in [0.1, 0.15) is 0 Å². The summed E-state index contributed by atoms with van der Waals surface area (Å²) in [6, 6.07) is 13.3. The van der Waals surface area contributed by atoms with Crippen LogP contribution < -0.4 is 19.9 Å².